The minimum Gasteiger partial charge on any atom is -0.355 e. The van der Waals surface area contributed by atoms with Crippen molar-refractivity contribution in [3.63, 3.8) is 0 Å². The van der Waals surface area contributed by atoms with Crippen LogP contribution >= 0.6 is 11.3 Å². The van der Waals surface area contributed by atoms with Gasteiger partial charge in [-0.1, -0.05) is 6.92 Å². The van der Waals surface area contributed by atoms with E-state index in [-0.39, 0.29) is 18.0 Å². The highest BCUT2D eigenvalue weighted by Gasteiger charge is 2.28. The Bertz CT molecular complexity index is 1280. The summed E-state index contributed by atoms with van der Waals surface area (Å²) in [7, 11) is -1.78. The van der Waals surface area contributed by atoms with Gasteiger partial charge in [0.15, 0.2) is 5.65 Å². The van der Waals surface area contributed by atoms with E-state index in [2.05, 4.69) is 9.62 Å². The van der Waals surface area contributed by atoms with Crippen molar-refractivity contribution in [3.05, 3.63) is 40.5 Å². The maximum absolute atomic E-state index is 13.2. The van der Waals surface area contributed by atoms with E-state index in [4.69, 9.17) is 15.8 Å². The summed E-state index contributed by atoms with van der Waals surface area (Å²) in [5.41, 5.74) is 8.83. The van der Waals surface area contributed by atoms with Crippen molar-refractivity contribution in [3.8, 4) is 0 Å². The molecule has 3 aromatic rings. The fourth-order valence-corrected chi connectivity index (χ4v) is 5.94. The zero-order valence-corrected chi connectivity index (χ0v) is 20.8. The third kappa shape index (κ3) is 4.82. The largest absolute Gasteiger partial charge is 0.355 e. The van der Waals surface area contributed by atoms with Crippen LogP contribution in [0.25, 0.3) is 5.65 Å². The fraction of sp³-hybridized carbons (Fsp3) is 0.476. The molecule has 0 saturated carbocycles. The van der Waals surface area contributed by atoms with Crippen LogP contribution in [0.15, 0.2) is 23.7 Å². The Balaban J connectivity index is 1.62. The molecule has 0 aromatic carbocycles. The number of amides is 1. The second kappa shape index (κ2) is 8.92. The number of hydrogen-bond donors (Lipinski definition) is 2. The Hall–Kier alpha value is -2.70. The Kier molecular flexibility index (Phi) is 6.34. The number of anilines is 2. The van der Waals surface area contributed by atoms with Crippen LogP contribution in [0, 0.1) is 6.92 Å². The summed E-state index contributed by atoms with van der Waals surface area (Å²) in [6.07, 6.45) is 4.60. The van der Waals surface area contributed by atoms with E-state index in [0.29, 0.717) is 22.6 Å². The Morgan fingerprint density at radius 3 is 2.85 bits per heavy atom. The van der Waals surface area contributed by atoms with Crippen LogP contribution in [-0.4, -0.2) is 66.3 Å². The van der Waals surface area contributed by atoms with E-state index in [1.54, 1.807) is 27.9 Å². The van der Waals surface area contributed by atoms with Gasteiger partial charge in [0, 0.05) is 44.0 Å². The van der Waals surface area contributed by atoms with Gasteiger partial charge in [0.2, 0.25) is 10.0 Å². The number of nitrogens with one attached hydrogen (secondary N) is 1. The van der Waals surface area contributed by atoms with Crippen LogP contribution in [0.3, 0.4) is 0 Å². The number of nitrogens with zero attached hydrogens (tertiary/aromatic N) is 5. The molecular weight excluding hydrogens is 462 g/mol. The zero-order chi connectivity index (χ0) is 23.9. The summed E-state index contributed by atoms with van der Waals surface area (Å²) >= 11 is 1.18. The van der Waals surface area contributed by atoms with E-state index in [1.807, 2.05) is 26.1 Å². The van der Waals surface area contributed by atoms with Crippen molar-refractivity contribution in [1.82, 2.24) is 19.5 Å². The molecule has 10 nitrogen and oxygen atoms in total. The predicted octanol–water partition coefficient (Wildman–Crippen LogP) is 2.23. The molecule has 0 bridgehead atoms. The Morgan fingerprint density at radius 2 is 2.21 bits per heavy atom. The molecule has 12 heteroatoms. The first-order chi connectivity index (χ1) is 15.6. The van der Waals surface area contributed by atoms with Gasteiger partial charge in [-0.05, 0) is 31.2 Å². The van der Waals surface area contributed by atoms with Crippen molar-refractivity contribution in [2.24, 2.45) is 5.73 Å². The maximum atomic E-state index is 13.2. The molecule has 1 aliphatic rings. The van der Waals surface area contributed by atoms with Crippen LogP contribution in [-0.2, 0) is 10.0 Å². The van der Waals surface area contributed by atoms with Crippen molar-refractivity contribution >= 4 is 43.7 Å². The zero-order valence-electron chi connectivity index (χ0n) is 19.1. The van der Waals surface area contributed by atoms with Crippen LogP contribution in [0.5, 0.6) is 0 Å². The second-order valence-electron chi connectivity index (χ2n) is 8.49. The van der Waals surface area contributed by atoms with Crippen LogP contribution < -0.4 is 15.4 Å². The minimum atomic E-state index is -3.49. The molecule has 4 heterocycles. The maximum Gasteiger partial charge on any atom is 0.257 e. The molecule has 4 rings (SSSR count). The number of thiophene rings is 1. The van der Waals surface area contributed by atoms with Crippen molar-refractivity contribution in [2.45, 2.75) is 38.8 Å². The quantitative estimate of drug-likeness (QED) is 0.519. The molecule has 178 valence electrons. The molecule has 1 saturated heterocycles. The van der Waals surface area contributed by atoms with Gasteiger partial charge in [0.25, 0.3) is 5.91 Å². The first kappa shape index (κ1) is 23.5. The molecule has 33 heavy (non-hydrogen) atoms. The number of hydrogen-bond acceptors (Lipinski definition) is 8. The van der Waals surface area contributed by atoms with Gasteiger partial charge in [-0.3, -0.25) is 9.52 Å². The van der Waals surface area contributed by atoms with E-state index in [1.165, 1.54) is 11.3 Å². The number of nitrogens with two attached hydrogens (primary N) is 1. The average Bonchev–Trinajstić information content (AvgIpc) is 3.46. The molecule has 1 amide bonds. The van der Waals surface area contributed by atoms with Crippen molar-refractivity contribution < 1.29 is 13.2 Å². The van der Waals surface area contributed by atoms with Crippen molar-refractivity contribution in [2.75, 3.05) is 36.0 Å². The first-order valence-electron chi connectivity index (χ1n) is 10.8. The van der Waals surface area contributed by atoms with Crippen LogP contribution in [0.2, 0.25) is 0 Å². The van der Waals surface area contributed by atoms with Crippen molar-refractivity contribution in [1.29, 1.82) is 0 Å². The van der Waals surface area contributed by atoms with E-state index < -0.39 is 10.0 Å². The number of aryl methyl sites for hydroxylation is 1. The third-order valence-corrected chi connectivity index (χ3v) is 7.37. The summed E-state index contributed by atoms with van der Waals surface area (Å²) in [5, 5.41) is 6.71. The molecule has 1 aliphatic heterocycles. The molecule has 0 radical (unpaired) electrons. The van der Waals surface area contributed by atoms with E-state index in [9.17, 15) is 13.2 Å². The number of carbonyl (C=O) groups is 1. The molecule has 2 atom stereocenters. The van der Waals surface area contributed by atoms with Gasteiger partial charge in [-0.25, -0.2) is 17.9 Å². The molecule has 0 spiro atoms. The minimum absolute atomic E-state index is 0.159. The number of carbonyl (C=O) groups excluding carboxylic acids is 1. The molecule has 0 aliphatic carbocycles. The SMILES string of the molecule is CC[C@@H](c1cc2nc(N3CC[C@H](N)C3)c(C)cn2n1)N(C)C(=O)c1ccsc1NS(C)(=O)=O. The molecule has 3 N–H and O–H groups in total. The molecule has 3 aromatic heterocycles. The molecule has 0 unspecified atom stereocenters. The number of fused-ring (bicyclic) bond motifs is 1. The summed E-state index contributed by atoms with van der Waals surface area (Å²) in [4.78, 5) is 21.9. The highest BCUT2D eigenvalue weighted by atomic mass is 32.2. The van der Waals surface area contributed by atoms with Crippen LogP contribution in [0.1, 0.15) is 47.4 Å². The van der Waals surface area contributed by atoms with Gasteiger partial charge < -0.3 is 15.5 Å². The monoisotopic (exact) mass is 491 g/mol. The standard InChI is InChI=1S/C21H29N7O3S2/c1-5-17(26(3)21(29)15-7-9-32-20(15)25-33(4,30)31)16-10-18-23-19(13(2)11-28(18)24-16)27-8-6-14(22)12-27/h7,9-11,14,17,25H,5-6,8,12,22H2,1-4H3/t14-,17-/m0/s1. The second-order valence-corrected chi connectivity index (χ2v) is 11.2. The van der Waals surface area contributed by atoms with Gasteiger partial charge in [0.05, 0.1) is 23.6 Å². The highest BCUT2D eigenvalue weighted by Crippen LogP contribution is 2.30. The summed E-state index contributed by atoms with van der Waals surface area (Å²) in [6.45, 7) is 5.65. The molecule has 1 fully saturated rings. The topological polar surface area (TPSA) is 126 Å². The lowest BCUT2D eigenvalue weighted by Crippen LogP contribution is -2.31. The lowest BCUT2D eigenvalue weighted by Gasteiger charge is -2.26. The van der Waals surface area contributed by atoms with Gasteiger partial charge in [-0.2, -0.15) is 5.10 Å². The number of sulfonamides is 1. The first-order valence-corrected chi connectivity index (χ1v) is 13.5. The predicted molar refractivity (Wildman–Crippen MR) is 130 cm³/mol. The lowest BCUT2D eigenvalue weighted by atomic mass is 10.1. The lowest BCUT2D eigenvalue weighted by molar-refractivity contribution is 0.0724. The van der Waals surface area contributed by atoms with E-state index in [0.717, 1.165) is 42.8 Å². The summed E-state index contributed by atoms with van der Waals surface area (Å²) in [6, 6.07) is 3.39. The molecular formula is C21H29N7O3S2. The van der Waals surface area contributed by atoms with Gasteiger partial charge in [0.1, 0.15) is 10.8 Å². The smallest absolute Gasteiger partial charge is 0.257 e. The third-order valence-electron chi connectivity index (χ3n) is 5.84. The normalized spacial score (nSPS) is 17.5. The van der Waals surface area contributed by atoms with Gasteiger partial charge >= 0.3 is 0 Å². The average molecular weight is 492 g/mol. The van der Waals surface area contributed by atoms with E-state index >= 15 is 0 Å². The Labute approximate surface area is 197 Å². The van der Waals surface area contributed by atoms with Crippen LogP contribution in [0.4, 0.5) is 10.8 Å². The number of rotatable bonds is 7. The number of aromatic nitrogens is 3. The Morgan fingerprint density at radius 1 is 1.45 bits per heavy atom. The fourth-order valence-electron chi connectivity index (χ4n) is 4.22. The summed E-state index contributed by atoms with van der Waals surface area (Å²) < 4.78 is 27.5. The van der Waals surface area contributed by atoms with Gasteiger partial charge in [-0.15, -0.1) is 11.3 Å². The highest BCUT2D eigenvalue weighted by molar-refractivity contribution is 7.92. The summed E-state index contributed by atoms with van der Waals surface area (Å²) in [5.74, 6) is 0.635.